The van der Waals surface area contributed by atoms with Gasteiger partial charge in [0.15, 0.2) is 6.61 Å². The van der Waals surface area contributed by atoms with Crippen molar-refractivity contribution in [2.45, 2.75) is 13.0 Å². The third-order valence-corrected chi connectivity index (χ3v) is 5.87. The Hall–Kier alpha value is -3.06. The number of hydrogen-bond acceptors (Lipinski definition) is 4. The molecular formula is C23H25ClN4O3. The minimum absolute atomic E-state index is 0.0561. The monoisotopic (exact) mass is 440 g/mol. The van der Waals surface area contributed by atoms with Crippen molar-refractivity contribution in [1.82, 2.24) is 14.7 Å². The molecule has 8 heteroatoms. The first-order valence-corrected chi connectivity index (χ1v) is 10.7. The van der Waals surface area contributed by atoms with Crippen molar-refractivity contribution in [1.29, 1.82) is 5.41 Å². The van der Waals surface area contributed by atoms with Crippen LogP contribution in [0, 0.1) is 5.41 Å². The number of rotatable bonds is 6. The van der Waals surface area contributed by atoms with Crippen molar-refractivity contribution in [3.05, 3.63) is 64.7 Å². The number of carbonyl (C=O) groups excluding carboxylic acids is 2. The minimum atomic E-state index is -0.211. The summed E-state index contributed by atoms with van der Waals surface area (Å²) in [5, 5.41) is 8.81. The van der Waals surface area contributed by atoms with Gasteiger partial charge in [-0.1, -0.05) is 35.9 Å². The largest absolute Gasteiger partial charge is 0.484 e. The van der Waals surface area contributed by atoms with E-state index in [-0.39, 0.29) is 25.0 Å². The number of halogens is 1. The Labute approximate surface area is 186 Å². The molecule has 2 amide bonds. The molecule has 0 atom stereocenters. The normalized spacial score (nSPS) is 16.2. The highest BCUT2D eigenvalue weighted by Gasteiger charge is 2.27. The average molecular weight is 441 g/mol. The summed E-state index contributed by atoms with van der Waals surface area (Å²) in [6.07, 6.45) is 1.14. The number of ether oxygens (including phenoxy) is 1. The second kappa shape index (κ2) is 9.39. The van der Waals surface area contributed by atoms with Crippen molar-refractivity contribution in [3.63, 3.8) is 0 Å². The van der Waals surface area contributed by atoms with Crippen molar-refractivity contribution in [2.75, 3.05) is 39.3 Å². The number of benzene rings is 2. The van der Waals surface area contributed by atoms with Gasteiger partial charge in [0.2, 0.25) is 5.91 Å². The molecule has 2 heterocycles. The van der Waals surface area contributed by atoms with Gasteiger partial charge in [0.25, 0.3) is 5.91 Å². The number of amidine groups is 1. The quantitative estimate of drug-likeness (QED) is 0.553. The first-order chi connectivity index (χ1) is 15.0. The summed E-state index contributed by atoms with van der Waals surface area (Å²) in [4.78, 5) is 30.3. The van der Waals surface area contributed by atoms with Gasteiger partial charge in [-0.15, -0.1) is 0 Å². The molecule has 7 nitrogen and oxygen atoms in total. The Morgan fingerprint density at radius 2 is 1.68 bits per heavy atom. The van der Waals surface area contributed by atoms with Gasteiger partial charge >= 0.3 is 0 Å². The molecule has 0 aliphatic carbocycles. The van der Waals surface area contributed by atoms with E-state index in [1.54, 1.807) is 29.2 Å². The zero-order valence-electron chi connectivity index (χ0n) is 17.2. The molecule has 0 saturated carbocycles. The van der Waals surface area contributed by atoms with Crippen molar-refractivity contribution in [3.8, 4) is 5.75 Å². The summed E-state index contributed by atoms with van der Waals surface area (Å²) >= 11 is 5.84. The summed E-state index contributed by atoms with van der Waals surface area (Å²) in [6, 6.07) is 14.6. The van der Waals surface area contributed by atoms with Gasteiger partial charge in [-0.25, -0.2) is 0 Å². The van der Waals surface area contributed by atoms with E-state index in [1.807, 2.05) is 29.2 Å². The first-order valence-electron chi connectivity index (χ1n) is 10.4. The second-order valence-corrected chi connectivity index (χ2v) is 8.20. The maximum absolute atomic E-state index is 12.6. The number of nitrogens with zero attached hydrogens (tertiary/aromatic N) is 3. The van der Waals surface area contributed by atoms with Crippen molar-refractivity contribution >= 4 is 29.3 Å². The lowest BCUT2D eigenvalue weighted by Gasteiger charge is -2.34. The van der Waals surface area contributed by atoms with Crippen LogP contribution in [-0.4, -0.2) is 71.7 Å². The number of likely N-dealkylation sites (tertiary alicyclic amines) is 1. The van der Waals surface area contributed by atoms with Crippen LogP contribution < -0.4 is 4.74 Å². The number of piperazine rings is 1. The summed E-state index contributed by atoms with van der Waals surface area (Å²) in [5.74, 6) is 0.829. The van der Waals surface area contributed by atoms with Gasteiger partial charge in [-0.3, -0.25) is 15.0 Å². The van der Waals surface area contributed by atoms with Crippen LogP contribution in [0.1, 0.15) is 17.5 Å². The van der Waals surface area contributed by atoms with Gasteiger partial charge in [0.1, 0.15) is 11.6 Å². The standard InChI is InChI=1S/C23H25ClN4O3/c24-19-6-8-20(9-7-19)31-16-22(30)28-13-12-27(21(29)15-28)14-17-2-4-18(5-3-17)23(25)26-10-1-11-26/h2-9,25H,1,10-16H2. The molecule has 2 aromatic carbocycles. The third kappa shape index (κ3) is 5.17. The zero-order valence-corrected chi connectivity index (χ0v) is 18.0. The highest BCUT2D eigenvalue weighted by Crippen LogP contribution is 2.17. The molecule has 0 aromatic heterocycles. The number of carbonyl (C=O) groups is 2. The maximum atomic E-state index is 12.6. The van der Waals surface area contributed by atoms with E-state index in [0.717, 1.165) is 30.6 Å². The molecule has 1 N–H and O–H groups in total. The second-order valence-electron chi connectivity index (χ2n) is 7.76. The Morgan fingerprint density at radius 3 is 2.29 bits per heavy atom. The molecule has 2 aliphatic rings. The van der Waals surface area contributed by atoms with E-state index in [4.69, 9.17) is 21.7 Å². The van der Waals surface area contributed by atoms with Crippen molar-refractivity contribution < 1.29 is 14.3 Å². The average Bonchev–Trinajstić information content (AvgIpc) is 2.74. The van der Waals surface area contributed by atoms with Gasteiger partial charge in [-0.05, 0) is 36.2 Å². The highest BCUT2D eigenvalue weighted by molar-refractivity contribution is 6.30. The summed E-state index contributed by atoms with van der Waals surface area (Å²) < 4.78 is 5.50. The Kier molecular flexibility index (Phi) is 6.42. The van der Waals surface area contributed by atoms with Crippen LogP contribution >= 0.6 is 11.6 Å². The Balaban J connectivity index is 1.26. The number of amides is 2. The fraction of sp³-hybridized carbons (Fsp3) is 0.348. The van der Waals surface area contributed by atoms with Crippen LogP contribution in [0.25, 0.3) is 0 Å². The van der Waals surface area contributed by atoms with E-state index >= 15 is 0 Å². The van der Waals surface area contributed by atoms with Crippen LogP contribution in [0.2, 0.25) is 5.02 Å². The molecule has 31 heavy (non-hydrogen) atoms. The van der Waals surface area contributed by atoms with Gasteiger partial charge in [-0.2, -0.15) is 0 Å². The van der Waals surface area contributed by atoms with Crippen LogP contribution in [0.5, 0.6) is 5.75 Å². The molecule has 162 valence electrons. The lowest BCUT2D eigenvalue weighted by Crippen LogP contribution is -2.52. The molecule has 0 unspecified atom stereocenters. The van der Waals surface area contributed by atoms with E-state index in [0.29, 0.717) is 36.2 Å². The molecule has 2 saturated heterocycles. The number of nitrogens with one attached hydrogen (secondary N) is 1. The van der Waals surface area contributed by atoms with E-state index in [1.165, 1.54) is 4.90 Å². The molecular weight excluding hydrogens is 416 g/mol. The fourth-order valence-corrected chi connectivity index (χ4v) is 3.69. The SMILES string of the molecule is N=C(c1ccc(CN2CCN(C(=O)COc3ccc(Cl)cc3)CC2=O)cc1)N1CCC1. The van der Waals surface area contributed by atoms with E-state index in [2.05, 4.69) is 0 Å². The van der Waals surface area contributed by atoms with Crippen LogP contribution in [0.3, 0.4) is 0 Å². The molecule has 2 fully saturated rings. The van der Waals surface area contributed by atoms with E-state index < -0.39 is 0 Å². The number of hydrogen-bond donors (Lipinski definition) is 1. The summed E-state index contributed by atoms with van der Waals surface area (Å²) in [7, 11) is 0. The smallest absolute Gasteiger partial charge is 0.261 e. The zero-order chi connectivity index (χ0) is 21.8. The fourth-order valence-electron chi connectivity index (χ4n) is 3.57. The maximum Gasteiger partial charge on any atom is 0.261 e. The predicted octanol–water partition coefficient (Wildman–Crippen LogP) is 2.62. The van der Waals surface area contributed by atoms with Gasteiger partial charge in [0, 0.05) is 43.3 Å². The predicted molar refractivity (Wildman–Crippen MR) is 118 cm³/mol. The highest BCUT2D eigenvalue weighted by atomic mass is 35.5. The molecule has 0 spiro atoms. The Bertz CT molecular complexity index is 958. The van der Waals surface area contributed by atoms with Gasteiger partial charge < -0.3 is 19.4 Å². The minimum Gasteiger partial charge on any atom is -0.484 e. The first kappa shape index (κ1) is 21.2. The molecule has 0 bridgehead atoms. The molecule has 4 rings (SSSR count). The van der Waals surface area contributed by atoms with Crippen LogP contribution in [0.4, 0.5) is 0 Å². The van der Waals surface area contributed by atoms with Crippen molar-refractivity contribution in [2.24, 2.45) is 0 Å². The summed E-state index contributed by atoms with van der Waals surface area (Å²) in [6.45, 7) is 3.30. The third-order valence-electron chi connectivity index (χ3n) is 5.62. The van der Waals surface area contributed by atoms with E-state index in [9.17, 15) is 9.59 Å². The molecule has 2 aromatic rings. The van der Waals surface area contributed by atoms with Gasteiger partial charge in [0.05, 0.1) is 6.54 Å². The Morgan fingerprint density at radius 1 is 0.968 bits per heavy atom. The molecule has 0 radical (unpaired) electrons. The summed E-state index contributed by atoms with van der Waals surface area (Å²) in [5.41, 5.74) is 1.91. The topological polar surface area (TPSA) is 76.9 Å². The lowest BCUT2D eigenvalue weighted by atomic mass is 10.1. The lowest BCUT2D eigenvalue weighted by molar-refractivity contribution is -0.146. The molecule has 2 aliphatic heterocycles. The van der Waals surface area contributed by atoms with Crippen LogP contribution in [-0.2, 0) is 16.1 Å². The van der Waals surface area contributed by atoms with Crippen LogP contribution in [0.15, 0.2) is 48.5 Å².